The standard InChI is InChI=1S/C15H22FN3O2/c1-10(2)14(17)15(21)18-8-13(20)19(3)9-11-6-4-5-7-12(11)16/h4-7,10,14H,8-9,17H2,1-3H3,(H,18,21)/t14-/m0/s1. The van der Waals surface area contributed by atoms with Gasteiger partial charge in [-0.2, -0.15) is 0 Å². The van der Waals surface area contributed by atoms with Crippen molar-refractivity contribution in [3.63, 3.8) is 0 Å². The maximum atomic E-state index is 13.5. The van der Waals surface area contributed by atoms with Crippen molar-refractivity contribution in [2.75, 3.05) is 13.6 Å². The molecular weight excluding hydrogens is 273 g/mol. The second-order valence-corrected chi connectivity index (χ2v) is 5.33. The monoisotopic (exact) mass is 295 g/mol. The Morgan fingerprint density at radius 2 is 1.95 bits per heavy atom. The minimum absolute atomic E-state index is 0.00348. The lowest BCUT2D eigenvalue weighted by Crippen LogP contribution is -2.47. The summed E-state index contributed by atoms with van der Waals surface area (Å²) in [6, 6.07) is 5.62. The number of halogens is 1. The summed E-state index contributed by atoms with van der Waals surface area (Å²) >= 11 is 0. The van der Waals surface area contributed by atoms with Crippen LogP contribution in [0.4, 0.5) is 4.39 Å². The Kier molecular flexibility index (Phi) is 6.30. The van der Waals surface area contributed by atoms with Gasteiger partial charge in [-0.05, 0) is 12.0 Å². The molecule has 0 unspecified atom stereocenters. The van der Waals surface area contributed by atoms with Gasteiger partial charge >= 0.3 is 0 Å². The number of likely N-dealkylation sites (N-methyl/N-ethyl adjacent to an activating group) is 1. The number of benzene rings is 1. The van der Waals surface area contributed by atoms with Crippen molar-refractivity contribution in [2.24, 2.45) is 11.7 Å². The van der Waals surface area contributed by atoms with Crippen LogP contribution in [0.5, 0.6) is 0 Å². The molecule has 1 aromatic rings. The van der Waals surface area contributed by atoms with E-state index in [4.69, 9.17) is 5.73 Å². The van der Waals surface area contributed by atoms with E-state index in [0.717, 1.165) is 0 Å². The minimum atomic E-state index is -0.644. The highest BCUT2D eigenvalue weighted by atomic mass is 19.1. The van der Waals surface area contributed by atoms with Gasteiger partial charge in [-0.25, -0.2) is 4.39 Å². The second kappa shape index (κ2) is 7.73. The lowest BCUT2D eigenvalue weighted by atomic mass is 10.1. The number of amides is 2. The number of rotatable bonds is 6. The highest BCUT2D eigenvalue weighted by Crippen LogP contribution is 2.08. The van der Waals surface area contributed by atoms with Crippen LogP contribution in [0, 0.1) is 11.7 Å². The number of carbonyl (C=O) groups excluding carboxylic acids is 2. The first-order valence-electron chi connectivity index (χ1n) is 6.83. The first-order valence-corrected chi connectivity index (χ1v) is 6.83. The number of hydrogen-bond donors (Lipinski definition) is 2. The summed E-state index contributed by atoms with van der Waals surface area (Å²) < 4.78 is 13.5. The summed E-state index contributed by atoms with van der Waals surface area (Å²) in [4.78, 5) is 24.9. The van der Waals surface area contributed by atoms with Gasteiger partial charge in [0.05, 0.1) is 12.6 Å². The van der Waals surface area contributed by atoms with E-state index in [2.05, 4.69) is 5.32 Å². The molecule has 0 aliphatic carbocycles. The molecule has 0 aliphatic heterocycles. The maximum Gasteiger partial charge on any atom is 0.242 e. The largest absolute Gasteiger partial charge is 0.346 e. The third kappa shape index (κ3) is 5.15. The lowest BCUT2D eigenvalue weighted by molar-refractivity contribution is -0.132. The summed E-state index contributed by atoms with van der Waals surface area (Å²) in [5, 5.41) is 2.50. The quantitative estimate of drug-likeness (QED) is 0.818. The van der Waals surface area contributed by atoms with Crippen molar-refractivity contribution in [1.82, 2.24) is 10.2 Å². The van der Waals surface area contributed by atoms with Gasteiger partial charge in [0.25, 0.3) is 0 Å². The van der Waals surface area contributed by atoms with Crippen LogP contribution in [0.25, 0.3) is 0 Å². The SMILES string of the molecule is CC(C)[C@H](N)C(=O)NCC(=O)N(C)Cc1ccccc1F. The molecule has 116 valence electrons. The molecule has 6 heteroatoms. The van der Waals surface area contributed by atoms with Gasteiger partial charge in [0, 0.05) is 19.2 Å². The van der Waals surface area contributed by atoms with E-state index < -0.39 is 6.04 Å². The van der Waals surface area contributed by atoms with Gasteiger partial charge in [0.15, 0.2) is 0 Å². The predicted octanol–water partition coefficient (Wildman–Crippen LogP) is 0.884. The van der Waals surface area contributed by atoms with Crippen molar-refractivity contribution >= 4 is 11.8 Å². The smallest absolute Gasteiger partial charge is 0.242 e. The molecule has 1 atom stereocenters. The highest BCUT2D eigenvalue weighted by Gasteiger charge is 2.19. The zero-order chi connectivity index (χ0) is 16.0. The molecular formula is C15H22FN3O2. The zero-order valence-corrected chi connectivity index (χ0v) is 12.6. The lowest BCUT2D eigenvalue weighted by Gasteiger charge is -2.19. The van der Waals surface area contributed by atoms with Crippen LogP contribution in [0.15, 0.2) is 24.3 Å². The van der Waals surface area contributed by atoms with E-state index in [9.17, 15) is 14.0 Å². The molecule has 0 saturated carbocycles. The van der Waals surface area contributed by atoms with Gasteiger partial charge < -0.3 is 16.0 Å². The van der Waals surface area contributed by atoms with Crippen LogP contribution in [0.2, 0.25) is 0 Å². The molecule has 0 bridgehead atoms. The first-order chi connectivity index (χ1) is 9.82. The minimum Gasteiger partial charge on any atom is -0.346 e. The molecule has 0 fully saturated rings. The highest BCUT2D eigenvalue weighted by molar-refractivity contribution is 5.87. The van der Waals surface area contributed by atoms with Gasteiger partial charge in [0.1, 0.15) is 5.82 Å². The van der Waals surface area contributed by atoms with E-state index in [-0.39, 0.29) is 36.6 Å². The third-order valence-electron chi connectivity index (χ3n) is 3.23. The van der Waals surface area contributed by atoms with Crippen LogP contribution < -0.4 is 11.1 Å². The van der Waals surface area contributed by atoms with Crippen LogP contribution in [0.3, 0.4) is 0 Å². The number of hydrogen-bond acceptors (Lipinski definition) is 3. The number of nitrogens with two attached hydrogens (primary N) is 1. The van der Waals surface area contributed by atoms with E-state index >= 15 is 0 Å². The summed E-state index contributed by atoms with van der Waals surface area (Å²) in [5.74, 6) is -1.03. The van der Waals surface area contributed by atoms with Crippen molar-refractivity contribution in [3.8, 4) is 0 Å². The Morgan fingerprint density at radius 3 is 2.52 bits per heavy atom. The van der Waals surface area contributed by atoms with Gasteiger partial charge in [0.2, 0.25) is 11.8 Å². The fraction of sp³-hybridized carbons (Fsp3) is 0.467. The van der Waals surface area contributed by atoms with E-state index in [1.165, 1.54) is 11.0 Å². The molecule has 0 radical (unpaired) electrons. The van der Waals surface area contributed by atoms with Crippen LogP contribution in [-0.2, 0) is 16.1 Å². The number of carbonyl (C=O) groups is 2. The van der Waals surface area contributed by atoms with Crippen LogP contribution in [0.1, 0.15) is 19.4 Å². The molecule has 0 saturated heterocycles. The molecule has 0 spiro atoms. The average Bonchev–Trinajstić information content (AvgIpc) is 2.45. The Hall–Kier alpha value is -1.95. The maximum absolute atomic E-state index is 13.5. The summed E-state index contributed by atoms with van der Waals surface area (Å²) in [6.45, 7) is 3.66. The molecule has 0 aliphatic rings. The first kappa shape index (κ1) is 17.1. The molecule has 21 heavy (non-hydrogen) atoms. The van der Waals surface area contributed by atoms with Gasteiger partial charge in [-0.3, -0.25) is 9.59 Å². The van der Waals surface area contributed by atoms with Crippen LogP contribution >= 0.6 is 0 Å². The topological polar surface area (TPSA) is 75.4 Å². The molecule has 1 aromatic carbocycles. The summed E-state index contributed by atoms with van der Waals surface area (Å²) in [6.07, 6.45) is 0. The van der Waals surface area contributed by atoms with Crippen molar-refractivity contribution in [1.29, 1.82) is 0 Å². The predicted molar refractivity (Wildman–Crippen MR) is 78.7 cm³/mol. The molecule has 3 N–H and O–H groups in total. The average molecular weight is 295 g/mol. The van der Waals surface area contributed by atoms with E-state index in [1.807, 2.05) is 13.8 Å². The fourth-order valence-electron chi connectivity index (χ4n) is 1.69. The van der Waals surface area contributed by atoms with Crippen molar-refractivity contribution < 1.29 is 14.0 Å². The number of nitrogens with zero attached hydrogens (tertiary/aromatic N) is 1. The Morgan fingerprint density at radius 1 is 1.33 bits per heavy atom. The van der Waals surface area contributed by atoms with Crippen molar-refractivity contribution in [2.45, 2.75) is 26.4 Å². The normalized spacial score (nSPS) is 12.1. The Bertz CT molecular complexity index is 505. The summed E-state index contributed by atoms with van der Waals surface area (Å²) in [5.41, 5.74) is 6.11. The van der Waals surface area contributed by atoms with Gasteiger partial charge in [-0.1, -0.05) is 32.0 Å². The third-order valence-corrected chi connectivity index (χ3v) is 3.23. The fourth-order valence-corrected chi connectivity index (χ4v) is 1.69. The molecule has 0 heterocycles. The molecule has 1 rings (SSSR count). The summed E-state index contributed by atoms with van der Waals surface area (Å²) in [7, 11) is 1.56. The Labute approximate surface area is 124 Å². The van der Waals surface area contributed by atoms with Crippen LogP contribution in [-0.4, -0.2) is 36.3 Å². The molecule has 5 nitrogen and oxygen atoms in total. The zero-order valence-electron chi connectivity index (χ0n) is 12.6. The molecule has 0 aromatic heterocycles. The second-order valence-electron chi connectivity index (χ2n) is 5.33. The van der Waals surface area contributed by atoms with Gasteiger partial charge in [-0.15, -0.1) is 0 Å². The van der Waals surface area contributed by atoms with Crippen molar-refractivity contribution in [3.05, 3.63) is 35.6 Å². The number of nitrogens with one attached hydrogen (secondary N) is 1. The Balaban J connectivity index is 2.49. The van der Waals surface area contributed by atoms with E-state index in [1.54, 1.807) is 25.2 Å². The van der Waals surface area contributed by atoms with E-state index in [0.29, 0.717) is 5.56 Å². The molecule has 2 amide bonds.